The number of nitrogens with one attached hydrogen (secondary N) is 3. The lowest BCUT2D eigenvalue weighted by Gasteiger charge is -2.31. The fraction of sp³-hybridized carbons (Fsp3) is 0.577. The number of piperidine rings is 1. The van der Waals surface area contributed by atoms with E-state index in [9.17, 15) is 28.4 Å². The molecule has 0 spiro atoms. The van der Waals surface area contributed by atoms with Crippen LogP contribution in [0.2, 0.25) is 0 Å². The second kappa shape index (κ2) is 13.6. The van der Waals surface area contributed by atoms with Crippen LogP contribution in [-0.4, -0.2) is 83.3 Å². The van der Waals surface area contributed by atoms with Gasteiger partial charge >= 0.3 is 0 Å². The second-order valence-corrected chi connectivity index (χ2v) is 10.9. The summed E-state index contributed by atoms with van der Waals surface area (Å²) in [5, 5.41) is 25.7. The van der Waals surface area contributed by atoms with Crippen molar-refractivity contribution < 1.29 is 23.2 Å². The van der Waals surface area contributed by atoms with Crippen molar-refractivity contribution in [1.82, 2.24) is 15.1 Å². The maximum absolute atomic E-state index is 13.3. The van der Waals surface area contributed by atoms with Crippen LogP contribution in [0.5, 0.6) is 0 Å². The Bertz CT molecular complexity index is 1130. The molecule has 0 bridgehead atoms. The highest BCUT2D eigenvalue weighted by Gasteiger charge is 2.47. The Hall–Kier alpha value is -3.42. The summed E-state index contributed by atoms with van der Waals surface area (Å²) < 4.78 is 26.7. The van der Waals surface area contributed by atoms with Gasteiger partial charge in [0.2, 0.25) is 17.7 Å². The molecule has 1 aromatic rings. The molecule has 0 saturated carbocycles. The summed E-state index contributed by atoms with van der Waals surface area (Å²) in [6.07, 6.45) is -0.496. The number of likely N-dealkylation sites (tertiary alicyclic amines) is 1. The van der Waals surface area contributed by atoms with Gasteiger partial charge in [-0.3, -0.25) is 19.3 Å². The fourth-order valence-electron chi connectivity index (χ4n) is 4.57. The molecule has 2 saturated heterocycles. The van der Waals surface area contributed by atoms with E-state index in [0.29, 0.717) is 18.8 Å². The maximum Gasteiger partial charge on any atom is 0.250 e. The number of carbonyl (C=O) groups excluding carboxylic acids is 3. The standard InChI is InChI=1S/C26H33F2N7O3S/c1-3-35-24(38)22(39-25(35)20(14-30)23(37)31-10-9-29)17(2)15-32-18-5-4-6-19(13-18)33-21(36)16-34-11-7-26(27,28)8-12-34/h4-6,13,17,20,22,25,32H,3,7-8,10-12,15-16H2,1-2H3,(H,31,37)(H,33,36)/t17?,20-,22?,25?/m1/s1. The predicted octanol–water partition coefficient (Wildman–Crippen LogP) is 2.47. The average Bonchev–Trinajstić information content (AvgIpc) is 3.23. The Morgan fingerprint density at radius 3 is 2.56 bits per heavy atom. The highest BCUT2D eigenvalue weighted by atomic mass is 32.2. The number of hydrogen-bond acceptors (Lipinski definition) is 8. The lowest BCUT2D eigenvalue weighted by atomic mass is 10.1. The lowest BCUT2D eigenvalue weighted by molar-refractivity contribution is -0.132. The number of anilines is 2. The first-order chi connectivity index (χ1) is 18.6. The number of nitriles is 2. The molecule has 3 rings (SSSR count). The summed E-state index contributed by atoms with van der Waals surface area (Å²) >= 11 is 1.28. The lowest BCUT2D eigenvalue weighted by Crippen LogP contribution is -2.44. The van der Waals surface area contributed by atoms with E-state index in [1.54, 1.807) is 30.0 Å². The Labute approximate surface area is 231 Å². The second-order valence-electron chi connectivity index (χ2n) is 9.67. The van der Waals surface area contributed by atoms with Crippen LogP contribution in [0.15, 0.2) is 24.3 Å². The molecule has 2 aliphatic rings. The number of carbonyl (C=O) groups is 3. The van der Waals surface area contributed by atoms with E-state index in [-0.39, 0.29) is 56.8 Å². The fourth-order valence-corrected chi connectivity index (χ4v) is 6.22. The van der Waals surface area contributed by atoms with Gasteiger partial charge in [0.05, 0.1) is 23.9 Å². The number of rotatable bonds is 11. The number of alkyl halides is 2. The van der Waals surface area contributed by atoms with Gasteiger partial charge in [0.1, 0.15) is 11.9 Å². The van der Waals surface area contributed by atoms with E-state index in [2.05, 4.69) is 16.0 Å². The quantitative estimate of drug-likeness (QED) is 0.350. The van der Waals surface area contributed by atoms with Crippen LogP contribution in [0.4, 0.5) is 20.2 Å². The molecule has 0 radical (unpaired) electrons. The first-order valence-electron chi connectivity index (χ1n) is 12.8. The minimum absolute atomic E-state index is 0.0408. The molecule has 3 N–H and O–H groups in total. The molecular formula is C26H33F2N7O3S. The van der Waals surface area contributed by atoms with Crippen molar-refractivity contribution in [2.45, 2.75) is 43.2 Å². The number of halogens is 2. The van der Waals surface area contributed by atoms with E-state index in [4.69, 9.17) is 5.26 Å². The zero-order valence-corrected chi connectivity index (χ0v) is 22.8. The smallest absolute Gasteiger partial charge is 0.250 e. The minimum atomic E-state index is -2.66. The molecule has 0 aromatic heterocycles. The molecule has 4 atom stereocenters. The molecule has 39 heavy (non-hydrogen) atoms. The van der Waals surface area contributed by atoms with Crippen molar-refractivity contribution in [3.63, 3.8) is 0 Å². The van der Waals surface area contributed by atoms with Crippen LogP contribution < -0.4 is 16.0 Å². The predicted molar refractivity (Wildman–Crippen MR) is 144 cm³/mol. The zero-order valence-electron chi connectivity index (χ0n) is 22.0. The van der Waals surface area contributed by atoms with E-state index >= 15 is 0 Å². The average molecular weight is 562 g/mol. The number of nitrogens with zero attached hydrogens (tertiary/aromatic N) is 4. The molecular weight excluding hydrogens is 528 g/mol. The largest absolute Gasteiger partial charge is 0.385 e. The third-order valence-electron chi connectivity index (χ3n) is 6.75. The van der Waals surface area contributed by atoms with E-state index in [0.717, 1.165) is 5.69 Å². The van der Waals surface area contributed by atoms with Crippen LogP contribution in [0.25, 0.3) is 0 Å². The van der Waals surface area contributed by atoms with Gasteiger partial charge in [0.25, 0.3) is 5.92 Å². The third kappa shape index (κ3) is 8.04. The Balaban J connectivity index is 1.55. The van der Waals surface area contributed by atoms with Gasteiger partial charge in [-0.25, -0.2) is 8.78 Å². The molecule has 3 amide bonds. The number of benzene rings is 1. The first-order valence-corrected chi connectivity index (χ1v) is 13.8. The summed E-state index contributed by atoms with van der Waals surface area (Å²) in [5.74, 6) is -4.92. The highest BCUT2D eigenvalue weighted by Crippen LogP contribution is 2.39. The van der Waals surface area contributed by atoms with E-state index in [1.165, 1.54) is 16.7 Å². The molecule has 0 aliphatic carbocycles. The van der Waals surface area contributed by atoms with Gasteiger partial charge in [-0.15, -0.1) is 11.8 Å². The van der Waals surface area contributed by atoms with E-state index < -0.39 is 28.4 Å². The monoisotopic (exact) mass is 561 g/mol. The van der Waals surface area contributed by atoms with Crippen LogP contribution in [0, 0.1) is 34.5 Å². The van der Waals surface area contributed by atoms with Crippen molar-refractivity contribution in [2.24, 2.45) is 11.8 Å². The molecule has 210 valence electrons. The third-order valence-corrected chi connectivity index (χ3v) is 8.52. The molecule has 13 heteroatoms. The Kier molecular flexibility index (Phi) is 10.5. The summed E-state index contributed by atoms with van der Waals surface area (Å²) in [6, 6.07) is 10.9. The summed E-state index contributed by atoms with van der Waals surface area (Å²) in [4.78, 5) is 41.2. The molecule has 2 aliphatic heterocycles. The van der Waals surface area contributed by atoms with Gasteiger partial charge in [0, 0.05) is 50.4 Å². The van der Waals surface area contributed by atoms with Crippen LogP contribution >= 0.6 is 11.8 Å². The van der Waals surface area contributed by atoms with Crippen LogP contribution in [-0.2, 0) is 14.4 Å². The Morgan fingerprint density at radius 1 is 1.23 bits per heavy atom. The molecule has 10 nitrogen and oxygen atoms in total. The topological polar surface area (TPSA) is 141 Å². The summed E-state index contributed by atoms with van der Waals surface area (Å²) in [5.41, 5.74) is 1.28. The highest BCUT2D eigenvalue weighted by molar-refractivity contribution is 8.01. The number of hydrogen-bond donors (Lipinski definition) is 3. The van der Waals surface area contributed by atoms with Crippen LogP contribution in [0.1, 0.15) is 26.7 Å². The van der Waals surface area contributed by atoms with Crippen molar-refractivity contribution in [1.29, 1.82) is 10.5 Å². The van der Waals surface area contributed by atoms with Crippen LogP contribution in [0.3, 0.4) is 0 Å². The first kappa shape index (κ1) is 30.1. The van der Waals surface area contributed by atoms with Gasteiger partial charge in [-0.2, -0.15) is 10.5 Å². The summed E-state index contributed by atoms with van der Waals surface area (Å²) in [6.45, 7) is 4.64. The number of thioether (sulfide) groups is 1. The SMILES string of the molecule is CCN1C(=O)C(C(C)CNc2cccc(NC(=O)CN3CCC(F)(F)CC3)c2)SC1[C@H](C#N)C(=O)NCC#N. The minimum Gasteiger partial charge on any atom is -0.385 e. The molecule has 1 aromatic carbocycles. The van der Waals surface area contributed by atoms with Gasteiger partial charge in [0.15, 0.2) is 5.92 Å². The van der Waals surface area contributed by atoms with Gasteiger partial charge < -0.3 is 20.9 Å². The van der Waals surface area contributed by atoms with Gasteiger partial charge in [-0.1, -0.05) is 13.0 Å². The molecule has 2 heterocycles. The normalized spacial score (nSPS) is 22.3. The van der Waals surface area contributed by atoms with Crippen molar-refractivity contribution >= 4 is 40.9 Å². The Morgan fingerprint density at radius 2 is 1.92 bits per heavy atom. The van der Waals surface area contributed by atoms with Gasteiger partial charge in [-0.05, 0) is 31.0 Å². The van der Waals surface area contributed by atoms with Crippen molar-refractivity contribution in [3.05, 3.63) is 24.3 Å². The molecule has 2 fully saturated rings. The van der Waals surface area contributed by atoms with Crippen molar-refractivity contribution in [3.8, 4) is 12.1 Å². The van der Waals surface area contributed by atoms with Crippen molar-refractivity contribution in [2.75, 3.05) is 49.9 Å². The maximum atomic E-state index is 13.3. The molecule has 3 unspecified atom stereocenters. The number of amides is 3. The summed E-state index contributed by atoms with van der Waals surface area (Å²) in [7, 11) is 0. The zero-order chi connectivity index (χ0) is 28.6. The van der Waals surface area contributed by atoms with E-state index in [1.807, 2.05) is 25.1 Å².